The third-order valence-corrected chi connectivity index (χ3v) is 8.79. The van der Waals surface area contributed by atoms with Gasteiger partial charge in [-0.2, -0.15) is 0 Å². The summed E-state index contributed by atoms with van der Waals surface area (Å²) in [5, 5.41) is 0.991. The first-order valence-electron chi connectivity index (χ1n) is 6.78. The molecular formula is C15H26ClNOSi. The number of nitrogens with two attached hydrogens (primary N) is 1. The van der Waals surface area contributed by atoms with Gasteiger partial charge < -0.3 is 10.2 Å². The molecule has 0 heterocycles. The zero-order valence-corrected chi connectivity index (χ0v) is 14.4. The van der Waals surface area contributed by atoms with Gasteiger partial charge in [0.15, 0.2) is 8.32 Å². The summed E-state index contributed by atoms with van der Waals surface area (Å²) in [5.74, 6) is 0. The van der Waals surface area contributed by atoms with E-state index in [-0.39, 0.29) is 11.1 Å². The molecule has 1 atom stereocenters. The second-order valence-electron chi connectivity index (χ2n) is 6.56. The minimum Gasteiger partial charge on any atom is -0.417 e. The average Bonchev–Trinajstić information content (AvgIpc) is 2.28. The highest BCUT2D eigenvalue weighted by molar-refractivity contribution is 6.74. The molecule has 2 N–H and O–H groups in total. The highest BCUT2D eigenvalue weighted by Crippen LogP contribution is 2.36. The normalized spacial score (nSPS) is 14.5. The Hall–Kier alpha value is -0.353. The molecule has 0 radical (unpaired) electrons. The van der Waals surface area contributed by atoms with E-state index in [1.165, 1.54) is 0 Å². The molecule has 0 aliphatic rings. The van der Waals surface area contributed by atoms with Crippen LogP contribution in [0.2, 0.25) is 23.2 Å². The van der Waals surface area contributed by atoms with E-state index in [9.17, 15) is 0 Å². The molecule has 1 aromatic carbocycles. The minimum atomic E-state index is -1.66. The maximum absolute atomic E-state index is 6.18. The summed E-state index contributed by atoms with van der Waals surface area (Å²) in [4.78, 5) is 0. The van der Waals surface area contributed by atoms with Gasteiger partial charge in [0, 0.05) is 17.7 Å². The van der Waals surface area contributed by atoms with Gasteiger partial charge in [-0.25, -0.2) is 0 Å². The lowest BCUT2D eigenvalue weighted by molar-refractivity contribution is 0.272. The maximum Gasteiger partial charge on any atom is 0.191 e. The lowest BCUT2D eigenvalue weighted by Crippen LogP contribution is -2.41. The molecule has 0 fully saturated rings. The van der Waals surface area contributed by atoms with Gasteiger partial charge in [-0.1, -0.05) is 44.5 Å². The van der Waals surface area contributed by atoms with Crippen LogP contribution in [0.5, 0.6) is 0 Å². The van der Waals surface area contributed by atoms with E-state index in [0.717, 1.165) is 23.6 Å². The molecule has 0 bridgehead atoms. The monoisotopic (exact) mass is 299 g/mol. The SMILES string of the molecule is CC(C)(C)[Si](C)(C)OCCC(N)c1ccc(Cl)cc1. The van der Waals surface area contributed by atoms with Gasteiger partial charge in [0.05, 0.1) is 0 Å². The Morgan fingerprint density at radius 2 is 1.74 bits per heavy atom. The molecule has 0 saturated heterocycles. The molecule has 108 valence electrons. The van der Waals surface area contributed by atoms with Gasteiger partial charge in [0.1, 0.15) is 0 Å². The van der Waals surface area contributed by atoms with Crippen LogP contribution in [0.4, 0.5) is 0 Å². The molecule has 19 heavy (non-hydrogen) atoms. The largest absolute Gasteiger partial charge is 0.417 e. The molecule has 1 rings (SSSR count). The predicted octanol–water partition coefficient (Wildman–Crippen LogP) is 4.75. The number of rotatable bonds is 5. The Morgan fingerprint density at radius 3 is 2.21 bits per heavy atom. The first-order valence-corrected chi connectivity index (χ1v) is 10.1. The minimum absolute atomic E-state index is 0.0158. The third kappa shape index (κ3) is 4.92. The number of benzene rings is 1. The molecule has 1 aromatic rings. The van der Waals surface area contributed by atoms with Crippen molar-refractivity contribution in [3.05, 3.63) is 34.9 Å². The molecule has 0 saturated carbocycles. The maximum atomic E-state index is 6.18. The van der Waals surface area contributed by atoms with Crippen molar-refractivity contribution in [3.8, 4) is 0 Å². The van der Waals surface area contributed by atoms with Crippen LogP contribution in [0.25, 0.3) is 0 Å². The molecule has 0 amide bonds. The van der Waals surface area contributed by atoms with Crippen molar-refractivity contribution in [1.82, 2.24) is 0 Å². The Kier molecular flexibility index (Phi) is 5.62. The summed E-state index contributed by atoms with van der Waals surface area (Å²) < 4.78 is 6.14. The second-order valence-corrected chi connectivity index (χ2v) is 11.8. The lowest BCUT2D eigenvalue weighted by atomic mass is 10.1. The van der Waals surface area contributed by atoms with Crippen molar-refractivity contribution < 1.29 is 4.43 Å². The smallest absolute Gasteiger partial charge is 0.191 e. The quantitative estimate of drug-likeness (QED) is 0.796. The summed E-state index contributed by atoms with van der Waals surface area (Å²) >= 11 is 5.87. The zero-order chi connectivity index (χ0) is 14.7. The van der Waals surface area contributed by atoms with Gasteiger partial charge >= 0.3 is 0 Å². The highest BCUT2D eigenvalue weighted by Gasteiger charge is 2.36. The van der Waals surface area contributed by atoms with Crippen molar-refractivity contribution in [2.45, 2.75) is 51.4 Å². The van der Waals surface area contributed by atoms with Crippen LogP contribution in [0.15, 0.2) is 24.3 Å². The fourth-order valence-electron chi connectivity index (χ4n) is 1.53. The van der Waals surface area contributed by atoms with E-state index in [2.05, 4.69) is 33.9 Å². The van der Waals surface area contributed by atoms with Crippen LogP contribution < -0.4 is 5.73 Å². The van der Waals surface area contributed by atoms with E-state index < -0.39 is 8.32 Å². The van der Waals surface area contributed by atoms with Crippen LogP contribution in [-0.2, 0) is 4.43 Å². The van der Waals surface area contributed by atoms with Crippen LogP contribution in [-0.4, -0.2) is 14.9 Å². The standard InChI is InChI=1S/C15H26ClNOSi/c1-15(2,3)19(4,5)18-11-10-14(17)12-6-8-13(16)9-7-12/h6-9,14H,10-11,17H2,1-5H3. The van der Waals surface area contributed by atoms with Crippen molar-refractivity contribution in [2.24, 2.45) is 5.73 Å². The second kappa shape index (κ2) is 6.40. The molecule has 1 unspecified atom stereocenters. The Morgan fingerprint density at radius 1 is 1.21 bits per heavy atom. The zero-order valence-electron chi connectivity index (χ0n) is 12.7. The summed E-state index contributed by atoms with van der Waals surface area (Å²) in [6, 6.07) is 7.75. The summed E-state index contributed by atoms with van der Waals surface area (Å²) in [7, 11) is -1.66. The Labute approximate surface area is 123 Å². The van der Waals surface area contributed by atoms with E-state index in [1.54, 1.807) is 0 Å². The molecule has 0 aliphatic heterocycles. The van der Waals surface area contributed by atoms with Gasteiger partial charge in [0.25, 0.3) is 0 Å². The van der Waals surface area contributed by atoms with Crippen LogP contribution in [0.3, 0.4) is 0 Å². The summed E-state index contributed by atoms with van der Waals surface area (Å²) in [6.07, 6.45) is 0.841. The number of halogens is 1. The van der Waals surface area contributed by atoms with Crippen molar-refractivity contribution >= 4 is 19.9 Å². The van der Waals surface area contributed by atoms with Crippen LogP contribution >= 0.6 is 11.6 Å². The average molecular weight is 300 g/mol. The number of hydrogen-bond acceptors (Lipinski definition) is 2. The van der Waals surface area contributed by atoms with E-state index in [0.29, 0.717) is 0 Å². The molecule has 4 heteroatoms. The summed E-state index contributed by atoms with van der Waals surface area (Å²) in [5.41, 5.74) is 7.29. The van der Waals surface area contributed by atoms with Crippen molar-refractivity contribution in [1.29, 1.82) is 0 Å². The fraction of sp³-hybridized carbons (Fsp3) is 0.600. The molecule has 2 nitrogen and oxygen atoms in total. The van der Waals surface area contributed by atoms with Gasteiger partial charge in [-0.15, -0.1) is 0 Å². The van der Waals surface area contributed by atoms with Gasteiger partial charge in [-0.05, 0) is 42.2 Å². The van der Waals surface area contributed by atoms with E-state index in [1.807, 2.05) is 24.3 Å². The van der Waals surface area contributed by atoms with Crippen molar-refractivity contribution in [2.75, 3.05) is 6.61 Å². The highest BCUT2D eigenvalue weighted by atomic mass is 35.5. The number of hydrogen-bond donors (Lipinski definition) is 1. The van der Waals surface area contributed by atoms with Gasteiger partial charge in [0.2, 0.25) is 0 Å². The lowest BCUT2D eigenvalue weighted by Gasteiger charge is -2.36. The predicted molar refractivity (Wildman–Crippen MR) is 86.1 cm³/mol. The first-order chi connectivity index (χ1) is 8.63. The topological polar surface area (TPSA) is 35.2 Å². The fourth-order valence-corrected chi connectivity index (χ4v) is 2.72. The van der Waals surface area contributed by atoms with E-state index in [4.69, 9.17) is 21.8 Å². The van der Waals surface area contributed by atoms with Crippen molar-refractivity contribution in [3.63, 3.8) is 0 Å². The molecular weight excluding hydrogens is 274 g/mol. The molecule has 0 aromatic heterocycles. The third-order valence-electron chi connectivity index (χ3n) is 4.00. The Balaban J connectivity index is 2.47. The first kappa shape index (κ1) is 16.7. The van der Waals surface area contributed by atoms with Gasteiger partial charge in [-0.3, -0.25) is 0 Å². The van der Waals surface area contributed by atoms with E-state index >= 15 is 0 Å². The summed E-state index contributed by atoms with van der Waals surface area (Å²) in [6.45, 7) is 12.0. The molecule has 0 aliphatic carbocycles. The Bertz CT molecular complexity index is 398. The molecule has 0 spiro atoms. The van der Waals surface area contributed by atoms with Crippen LogP contribution in [0.1, 0.15) is 38.8 Å². The van der Waals surface area contributed by atoms with Crippen LogP contribution in [0, 0.1) is 0 Å².